The van der Waals surface area contributed by atoms with Gasteiger partial charge >= 0.3 is 6.09 Å². The molecule has 7 heteroatoms. The van der Waals surface area contributed by atoms with Crippen LogP contribution in [0.4, 0.5) is 10.5 Å². The maximum Gasteiger partial charge on any atom is 0.410 e. The van der Waals surface area contributed by atoms with Crippen LogP contribution in [0.3, 0.4) is 0 Å². The van der Waals surface area contributed by atoms with Crippen molar-refractivity contribution in [2.45, 2.75) is 64.5 Å². The molecule has 0 saturated carbocycles. The number of aromatic nitrogens is 1. The Bertz CT molecular complexity index is 962. The van der Waals surface area contributed by atoms with Crippen molar-refractivity contribution >= 4 is 11.8 Å². The quantitative estimate of drug-likeness (QED) is 0.415. The first-order chi connectivity index (χ1) is 17.4. The molecule has 3 heterocycles. The monoisotopic (exact) mass is 495 g/mol. The number of anilines is 1. The van der Waals surface area contributed by atoms with Crippen molar-refractivity contribution in [3.05, 3.63) is 54.4 Å². The summed E-state index contributed by atoms with van der Waals surface area (Å²) in [5.41, 5.74) is 1.95. The predicted molar refractivity (Wildman–Crippen MR) is 142 cm³/mol. The van der Waals surface area contributed by atoms with Gasteiger partial charge in [0.1, 0.15) is 18.0 Å². The van der Waals surface area contributed by atoms with Gasteiger partial charge < -0.3 is 24.0 Å². The fourth-order valence-corrected chi connectivity index (χ4v) is 4.90. The van der Waals surface area contributed by atoms with Crippen molar-refractivity contribution in [1.82, 2.24) is 9.88 Å². The summed E-state index contributed by atoms with van der Waals surface area (Å²) >= 11 is 0. The van der Waals surface area contributed by atoms with Crippen LogP contribution < -0.4 is 9.64 Å². The van der Waals surface area contributed by atoms with Crippen LogP contribution in [0.15, 0.2) is 48.8 Å². The molecule has 0 N–H and O–H groups in total. The van der Waals surface area contributed by atoms with Crippen molar-refractivity contribution in [3.63, 3.8) is 0 Å². The molecule has 1 aromatic heterocycles. The molecule has 1 amide bonds. The second-order valence-corrected chi connectivity index (χ2v) is 10.9. The number of carbonyl (C=O) groups is 1. The summed E-state index contributed by atoms with van der Waals surface area (Å²) in [6.45, 7) is 10.4. The number of amides is 1. The Kier molecular flexibility index (Phi) is 9.08. The smallest absolute Gasteiger partial charge is 0.410 e. The summed E-state index contributed by atoms with van der Waals surface area (Å²) in [6.07, 6.45) is 8.52. The summed E-state index contributed by atoms with van der Waals surface area (Å²) in [5.74, 6) is 1.27. The number of benzene rings is 1. The Balaban J connectivity index is 1.19. The third kappa shape index (κ3) is 7.85. The van der Waals surface area contributed by atoms with Crippen LogP contribution in [0.25, 0.3) is 0 Å². The van der Waals surface area contributed by atoms with Gasteiger partial charge in [-0.15, -0.1) is 0 Å². The van der Waals surface area contributed by atoms with E-state index in [1.807, 2.05) is 27.0 Å². The Hall–Kier alpha value is -2.80. The molecular weight excluding hydrogens is 454 g/mol. The molecule has 1 aromatic carbocycles. The standard InChI is InChI=1S/C29H41N3O4/c1-29(2,3)36-28(33)32-14-7-12-25(32)22-35-27-17-26(18-30-19-27)31-15-13-24(20-31)21-34-16-8-11-23-9-5-4-6-10-23/h4-6,9-10,17-19,24-25H,7-8,11-16,20-22H2,1-3H3/t24?,25-/m0/s1. The Morgan fingerprint density at radius 2 is 1.92 bits per heavy atom. The minimum absolute atomic E-state index is 0.0266. The van der Waals surface area contributed by atoms with E-state index in [-0.39, 0.29) is 12.1 Å². The van der Waals surface area contributed by atoms with Crippen molar-refractivity contribution in [2.75, 3.05) is 44.4 Å². The zero-order valence-corrected chi connectivity index (χ0v) is 22.0. The van der Waals surface area contributed by atoms with E-state index >= 15 is 0 Å². The van der Waals surface area contributed by atoms with E-state index in [2.05, 4.69) is 46.3 Å². The van der Waals surface area contributed by atoms with Crippen molar-refractivity contribution in [3.8, 4) is 5.75 Å². The second kappa shape index (κ2) is 12.4. The van der Waals surface area contributed by atoms with E-state index < -0.39 is 5.60 Å². The number of likely N-dealkylation sites (tertiary alicyclic amines) is 1. The largest absolute Gasteiger partial charge is 0.490 e. The number of pyridine rings is 1. The molecule has 7 nitrogen and oxygen atoms in total. The molecule has 1 unspecified atom stereocenters. The zero-order chi connectivity index (χ0) is 25.4. The molecule has 0 radical (unpaired) electrons. The molecule has 2 saturated heterocycles. The Morgan fingerprint density at radius 3 is 2.72 bits per heavy atom. The van der Waals surface area contributed by atoms with E-state index in [1.165, 1.54) is 5.56 Å². The number of rotatable bonds is 10. The van der Waals surface area contributed by atoms with Gasteiger partial charge in [0.2, 0.25) is 0 Å². The Labute approximate surface area is 215 Å². The van der Waals surface area contributed by atoms with Crippen LogP contribution >= 0.6 is 0 Å². The number of carbonyl (C=O) groups excluding carboxylic acids is 1. The van der Waals surface area contributed by atoms with Gasteiger partial charge in [0.25, 0.3) is 0 Å². The van der Waals surface area contributed by atoms with Gasteiger partial charge in [0.15, 0.2) is 0 Å². The van der Waals surface area contributed by atoms with Crippen LogP contribution in [0.5, 0.6) is 5.75 Å². The third-order valence-corrected chi connectivity index (χ3v) is 6.75. The number of ether oxygens (including phenoxy) is 3. The van der Waals surface area contributed by atoms with Gasteiger partial charge in [-0.3, -0.25) is 4.98 Å². The zero-order valence-electron chi connectivity index (χ0n) is 22.0. The van der Waals surface area contributed by atoms with Crippen LogP contribution in [0, 0.1) is 5.92 Å². The molecular formula is C29H41N3O4. The van der Waals surface area contributed by atoms with Crippen molar-refractivity contribution in [2.24, 2.45) is 5.92 Å². The SMILES string of the molecule is CC(C)(C)OC(=O)N1CCC[C@H]1COc1cncc(N2CCC(COCCCc3ccccc3)C2)c1. The van der Waals surface area contributed by atoms with Gasteiger partial charge in [-0.05, 0) is 58.4 Å². The lowest BCUT2D eigenvalue weighted by Gasteiger charge is -2.28. The molecule has 2 fully saturated rings. The van der Waals surface area contributed by atoms with E-state index in [1.54, 1.807) is 11.1 Å². The summed E-state index contributed by atoms with van der Waals surface area (Å²) in [7, 11) is 0. The fourth-order valence-electron chi connectivity index (χ4n) is 4.90. The van der Waals surface area contributed by atoms with Crippen molar-refractivity contribution < 1.29 is 19.0 Å². The first kappa shape index (κ1) is 26.3. The van der Waals surface area contributed by atoms with Gasteiger partial charge in [-0.2, -0.15) is 0 Å². The molecule has 0 spiro atoms. The van der Waals surface area contributed by atoms with E-state index in [4.69, 9.17) is 14.2 Å². The van der Waals surface area contributed by atoms with Crippen molar-refractivity contribution in [1.29, 1.82) is 0 Å². The summed E-state index contributed by atoms with van der Waals surface area (Å²) < 4.78 is 17.6. The van der Waals surface area contributed by atoms with E-state index in [0.29, 0.717) is 19.1 Å². The van der Waals surface area contributed by atoms with E-state index in [9.17, 15) is 4.79 Å². The lowest BCUT2D eigenvalue weighted by atomic mass is 10.1. The van der Waals surface area contributed by atoms with Crippen LogP contribution in [0.1, 0.15) is 52.0 Å². The topological polar surface area (TPSA) is 64.1 Å². The molecule has 2 aliphatic rings. The number of hydrogen-bond acceptors (Lipinski definition) is 6. The highest BCUT2D eigenvalue weighted by Crippen LogP contribution is 2.27. The summed E-state index contributed by atoms with van der Waals surface area (Å²) in [4.78, 5) is 21.1. The summed E-state index contributed by atoms with van der Waals surface area (Å²) in [5, 5.41) is 0. The first-order valence-corrected chi connectivity index (χ1v) is 13.3. The average molecular weight is 496 g/mol. The van der Waals surface area contributed by atoms with Crippen LogP contribution in [0.2, 0.25) is 0 Å². The lowest BCUT2D eigenvalue weighted by Crippen LogP contribution is -2.42. The average Bonchev–Trinajstić information content (AvgIpc) is 3.52. The highest BCUT2D eigenvalue weighted by Gasteiger charge is 2.32. The minimum Gasteiger partial charge on any atom is -0.490 e. The fraction of sp³-hybridized carbons (Fsp3) is 0.586. The minimum atomic E-state index is -0.496. The maximum absolute atomic E-state index is 12.5. The molecule has 0 bridgehead atoms. The highest BCUT2D eigenvalue weighted by atomic mass is 16.6. The number of nitrogens with zero attached hydrogens (tertiary/aromatic N) is 3. The number of hydrogen-bond donors (Lipinski definition) is 0. The molecule has 4 rings (SSSR count). The highest BCUT2D eigenvalue weighted by molar-refractivity contribution is 5.69. The molecule has 2 atom stereocenters. The van der Waals surface area contributed by atoms with Crippen LogP contribution in [-0.2, 0) is 15.9 Å². The molecule has 196 valence electrons. The summed E-state index contributed by atoms with van der Waals surface area (Å²) in [6, 6.07) is 12.7. The first-order valence-electron chi connectivity index (χ1n) is 13.3. The molecule has 36 heavy (non-hydrogen) atoms. The maximum atomic E-state index is 12.5. The Morgan fingerprint density at radius 1 is 1.08 bits per heavy atom. The second-order valence-electron chi connectivity index (χ2n) is 10.9. The lowest BCUT2D eigenvalue weighted by molar-refractivity contribution is 0.0187. The van der Waals surface area contributed by atoms with E-state index in [0.717, 1.165) is 69.8 Å². The number of aryl methyl sites for hydroxylation is 1. The molecule has 0 aliphatic carbocycles. The van der Waals surface area contributed by atoms with Gasteiger partial charge in [-0.25, -0.2) is 4.79 Å². The normalized spacial score (nSPS) is 20.1. The predicted octanol–water partition coefficient (Wildman–Crippen LogP) is 5.34. The van der Waals surface area contributed by atoms with Gasteiger partial charge in [0, 0.05) is 38.2 Å². The van der Waals surface area contributed by atoms with Gasteiger partial charge in [0.05, 0.1) is 30.7 Å². The van der Waals surface area contributed by atoms with Gasteiger partial charge in [-0.1, -0.05) is 30.3 Å². The molecule has 2 aromatic rings. The molecule has 2 aliphatic heterocycles. The van der Waals surface area contributed by atoms with Crippen LogP contribution in [-0.4, -0.2) is 67.1 Å². The third-order valence-electron chi connectivity index (χ3n) is 6.75.